The van der Waals surface area contributed by atoms with E-state index in [2.05, 4.69) is 4.72 Å². The summed E-state index contributed by atoms with van der Waals surface area (Å²) in [4.78, 5) is 0.272. The van der Waals surface area contributed by atoms with Gasteiger partial charge >= 0.3 is 0 Å². The third-order valence-corrected chi connectivity index (χ3v) is 4.03. The van der Waals surface area contributed by atoms with Gasteiger partial charge in [0.2, 0.25) is 0 Å². The standard InChI is InChI=1S/C14H15NO2S.H2/c1-11-3-7-13(8-4-11)15-18(16,17)14-9-5-12(2)6-10-14;/h3-10,15H,1-2H3;1H. The van der Waals surface area contributed by atoms with Crippen LogP contribution in [0.25, 0.3) is 0 Å². The zero-order valence-electron chi connectivity index (χ0n) is 10.3. The predicted octanol–water partition coefficient (Wildman–Crippen LogP) is 3.35. The van der Waals surface area contributed by atoms with Crippen LogP contribution in [0.1, 0.15) is 12.6 Å². The summed E-state index contributed by atoms with van der Waals surface area (Å²) >= 11 is 0. The van der Waals surface area contributed by atoms with E-state index < -0.39 is 10.0 Å². The second-order valence-corrected chi connectivity index (χ2v) is 5.97. The third-order valence-electron chi connectivity index (χ3n) is 2.64. The Morgan fingerprint density at radius 1 is 0.833 bits per heavy atom. The number of hydrogen-bond acceptors (Lipinski definition) is 2. The zero-order valence-corrected chi connectivity index (χ0v) is 11.2. The molecule has 0 aliphatic carbocycles. The maximum atomic E-state index is 12.1. The highest BCUT2D eigenvalue weighted by molar-refractivity contribution is 7.92. The molecule has 0 aromatic heterocycles. The van der Waals surface area contributed by atoms with Crippen molar-refractivity contribution in [1.29, 1.82) is 0 Å². The fourth-order valence-corrected chi connectivity index (χ4v) is 2.61. The average molecular weight is 263 g/mol. The molecular weight excluding hydrogens is 246 g/mol. The summed E-state index contributed by atoms with van der Waals surface area (Å²) in [7, 11) is -3.49. The van der Waals surface area contributed by atoms with Crippen molar-refractivity contribution in [2.45, 2.75) is 18.7 Å². The Morgan fingerprint density at radius 2 is 1.28 bits per heavy atom. The number of aryl methyl sites for hydroxylation is 2. The Morgan fingerprint density at radius 3 is 1.78 bits per heavy atom. The minimum absolute atomic E-state index is 0. The van der Waals surface area contributed by atoms with Gasteiger partial charge in [-0.05, 0) is 38.1 Å². The molecule has 0 aliphatic heterocycles. The Balaban J connectivity index is 0.00000180. The van der Waals surface area contributed by atoms with Crippen LogP contribution in [0.3, 0.4) is 0 Å². The van der Waals surface area contributed by atoms with Crippen molar-refractivity contribution in [3.05, 3.63) is 59.7 Å². The van der Waals surface area contributed by atoms with E-state index in [1.807, 2.05) is 26.0 Å². The van der Waals surface area contributed by atoms with Crippen molar-refractivity contribution in [1.82, 2.24) is 0 Å². The molecule has 0 bridgehead atoms. The molecule has 0 fully saturated rings. The number of nitrogens with one attached hydrogen (secondary N) is 1. The van der Waals surface area contributed by atoms with Crippen LogP contribution in [-0.4, -0.2) is 8.42 Å². The van der Waals surface area contributed by atoms with Gasteiger partial charge in [-0.2, -0.15) is 0 Å². The van der Waals surface area contributed by atoms with Crippen LogP contribution in [0.15, 0.2) is 53.4 Å². The van der Waals surface area contributed by atoms with Crippen LogP contribution >= 0.6 is 0 Å². The van der Waals surface area contributed by atoms with E-state index in [0.717, 1.165) is 11.1 Å². The molecule has 0 heterocycles. The summed E-state index contributed by atoms with van der Waals surface area (Å²) in [5, 5.41) is 0. The summed E-state index contributed by atoms with van der Waals surface area (Å²) in [5.74, 6) is 0. The minimum Gasteiger partial charge on any atom is -0.280 e. The fraction of sp³-hybridized carbons (Fsp3) is 0.143. The summed E-state index contributed by atoms with van der Waals surface area (Å²) in [6.07, 6.45) is 0. The lowest BCUT2D eigenvalue weighted by molar-refractivity contribution is 0.601. The van der Waals surface area contributed by atoms with E-state index in [0.29, 0.717) is 5.69 Å². The topological polar surface area (TPSA) is 46.2 Å². The van der Waals surface area contributed by atoms with Crippen molar-refractivity contribution in [3.63, 3.8) is 0 Å². The fourth-order valence-electron chi connectivity index (χ4n) is 1.55. The van der Waals surface area contributed by atoms with Gasteiger partial charge in [0.1, 0.15) is 0 Å². The first-order chi connectivity index (χ1) is 8.47. The second kappa shape index (κ2) is 4.82. The van der Waals surface area contributed by atoms with E-state index >= 15 is 0 Å². The molecule has 18 heavy (non-hydrogen) atoms. The molecule has 0 aliphatic rings. The van der Waals surface area contributed by atoms with Crippen LogP contribution in [0.2, 0.25) is 0 Å². The van der Waals surface area contributed by atoms with Crippen molar-refractivity contribution in [2.24, 2.45) is 0 Å². The quantitative estimate of drug-likeness (QED) is 0.923. The molecule has 2 aromatic rings. The molecule has 0 radical (unpaired) electrons. The van der Waals surface area contributed by atoms with Crippen molar-refractivity contribution in [3.8, 4) is 0 Å². The van der Waals surface area contributed by atoms with Gasteiger partial charge in [-0.1, -0.05) is 35.4 Å². The molecule has 4 heteroatoms. The van der Waals surface area contributed by atoms with Crippen LogP contribution in [-0.2, 0) is 10.0 Å². The lowest BCUT2D eigenvalue weighted by Crippen LogP contribution is -2.12. The van der Waals surface area contributed by atoms with Gasteiger partial charge in [0, 0.05) is 7.11 Å². The molecule has 0 amide bonds. The second-order valence-electron chi connectivity index (χ2n) is 4.28. The normalized spacial score (nSPS) is 11.2. The predicted molar refractivity (Wildman–Crippen MR) is 75.3 cm³/mol. The van der Waals surface area contributed by atoms with Crippen molar-refractivity contribution in [2.75, 3.05) is 4.72 Å². The minimum atomic E-state index is -3.49. The van der Waals surface area contributed by atoms with Crippen LogP contribution in [0, 0.1) is 13.8 Å². The molecule has 0 saturated heterocycles. The van der Waals surface area contributed by atoms with Gasteiger partial charge in [-0.3, -0.25) is 4.72 Å². The average Bonchev–Trinajstić information content (AvgIpc) is 2.32. The number of anilines is 1. The van der Waals surface area contributed by atoms with Gasteiger partial charge in [-0.15, -0.1) is 0 Å². The SMILES string of the molecule is Cc1ccc(NS(=O)(=O)c2ccc(C)cc2)cc1.[HH]. The van der Waals surface area contributed by atoms with Gasteiger partial charge in [0.05, 0.1) is 4.90 Å². The summed E-state index contributed by atoms with van der Waals surface area (Å²) in [5.41, 5.74) is 2.69. The highest BCUT2D eigenvalue weighted by Crippen LogP contribution is 2.16. The molecule has 2 aromatic carbocycles. The van der Waals surface area contributed by atoms with Crippen LogP contribution < -0.4 is 4.72 Å². The molecule has 2 rings (SSSR count). The van der Waals surface area contributed by atoms with E-state index in [4.69, 9.17) is 0 Å². The van der Waals surface area contributed by atoms with Crippen LogP contribution in [0.5, 0.6) is 0 Å². The first kappa shape index (κ1) is 12.6. The van der Waals surface area contributed by atoms with Crippen molar-refractivity contribution >= 4 is 15.7 Å². The number of sulfonamides is 1. The summed E-state index contributed by atoms with van der Waals surface area (Å²) in [6.45, 7) is 3.88. The zero-order chi connectivity index (χ0) is 13.2. The first-order valence-corrected chi connectivity index (χ1v) is 7.12. The molecule has 0 atom stereocenters. The summed E-state index contributed by atoms with van der Waals surface area (Å²) in [6, 6.07) is 14.0. The third kappa shape index (κ3) is 2.90. The monoisotopic (exact) mass is 263 g/mol. The Kier molecular flexibility index (Phi) is 3.39. The smallest absolute Gasteiger partial charge is 0.261 e. The number of benzene rings is 2. The Labute approximate surface area is 109 Å². The Bertz CT molecular complexity index is 634. The molecule has 96 valence electrons. The van der Waals surface area contributed by atoms with Gasteiger partial charge < -0.3 is 0 Å². The van der Waals surface area contributed by atoms with Crippen LogP contribution in [0.4, 0.5) is 5.69 Å². The van der Waals surface area contributed by atoms with Gasteiger partial charge in [-0.25, -0.2) is 8.42 Å². The molecule has 1 N–H and O–H groups in total. The van der Waals surface area contributed by atoms with Crippen molar-refractivity contribution < 1.29 is 9.84 Å². The largest absolute Gasteiger partial charge is 0.280 e. The first-order valence-electron chi connectivity index (χ1n) is 5.63. The maximum absolute atomic E-state index is 12.1. The highest BCUT2D eigenvalue weighted by atomic mass is 32.2. The molecule has 0 saturated carbocycles. The highest BCUT2D eigenvalue weighted by Gasteiger charge is 2.13. The summed E-state index contributed by atoms with van der Waals surface area (Å²) < 4.78 is 26.7. The lowest BCUT2D eigenvalue weighted by Gasteiger charge is -2.08. The Hall–Kier alpha value is -1.81. The van der Waals surface area contributed by atoms with Gasteiger partial charge in [0.15, 0.2) is 0 Å². The van der Waals surface area contributed by atoms with E-state index in [1.54, 1.807) is 36.4 Å². The molecule has 0 unspecified atom stereocenters. The van der Waals surface area contributed by atoms with Gasteiger partial charge in [0.25, 0.3) is 10.0 Å². The number of rotatable bonds is 3. The number of hydrogen-bond donors (Lipinski definition) is 1. The molecule has 3 nitrogen and oxygen atoms in total. The lowest BCUT2D eigenvalue weighted by atomic mass is 10.2. The van der Waals surface area contributed by atoms with E-state index in [9.17, 15) is 8.42 Å². The van der Waals surface area contributed by atoms with E-state index in [-0.39, 0.29) is 6.32 Å². The molecule has 0 spiro atoms. The molecular formula is C14H17NO2S. The van der Waals surface area contributed by atoms with E-state index in [1.165, 1.54) is 0 Å². The maximum Gasteiger partial charge on any atom is 0.261 e.